The van der Waals surface area contributed by atoms with Crippen LogP contribution in [0.2, 0.25) is 0 Å². The lowest BCUT2D eigenvalue weighted by Gasteiger charge is -2.06. The summed E-state index contributed by atoms with van der Waals surface area (Å²) in [5.74, 6) is -1.14. The van der Waals surface area contributed by atoms with Crippen molar-refractivity contribution >= 4 is 23.1 Å². The van der Waals surface area contributed by atoms with E-state index in [9.17, 15) is 18.9 Å². The van der Waals surface area contributed by atoms with Crippen molar-refractivity contribution in [1.82, 2.24) is 0 Å². The van der Waals surface area contributed by atoms with E-state index in [1.165, 1.54) is 42.1 Å². The molecule has 0 saturated carbocycles. The second-order valence-electron chi connectivity index (χ2n) is 3.98. The molecule has 0 amide bonds. The molecule has 0 aliphatic rings. The van der Waals surface area contributed by atoms with Gasteiger partial charge in [-0.1, -0.05) is 12.1 Å². The first-order valence-electron chi connectivity index (χ1n) is 5.58. The van der Waals surface area contributed by atoms with Gasteiger partial charge in [0.05, 0.1) is 4.92 Å². The molecule has 7 heteroatoms. The summed E-state index contributed by atoms with van der Waals surface area (Å²) in [6.07, 6.45) is 0. The summed E-state index contributed by atoms with van der Waals surface area (Å²) in [4.78, 5) is 10.5. The van der Waals surface area contributed by atoms with Gasteiger partial charge in [-0.15, -0.1) is 11.8 Å². The van der Waals surface area contributed by atoms with Crippen LogP contribution in [0.3, 0.4) is 0 Å². The molecule has 2 rings (SSSR count). The highest BCUT2D eigenvalue weighted by Gasteiger charge is 2.17. The molecule has 2 aromatic carbocycles. The maximum Gasteiger partial charge on any atom is 0.305 e. The molecule has 0 aliphatic carbocycles. The van der Waals surface area contributed by atoms with Crippen molar-refractivity contribution in [1.29, 1.82) is 0 Å². The zero-order valence-corrected chi connectivity index (χ0v) is 11.0. The van der Waals surface area contributed by atoms with E-state index in [1.807, 2.05) is 0 Å². The third-order valence-electron chi connectivity index (χ3n) is 2.61. The van der Waals surface area contributed by atoms with Gasteiger partial charge >= 0.3 is 5.69 Å². The molecule has 0 atom stereocenters. The molecule has 0 unspecified atom stereocenters. The standard InChI is InChI=1S/C13H10F2N2O2S/c14-9-4-5-12(10(16)6-9)20-7-8-2-1-3-11(13(8)15)17(18)19/h1-6H,7,16H2. The molecule has 0 radical (unpaired) electrons. The fourth-order valence-corrected chi connectivity index (χ4v) is 2.55. The van der Waals surface area contributed by atoms with Crippen LogP contribution in [0.25, 0.3) is 0 Å². The van der Waals surface area contributed by atoms with Crippen molar-refractivity contribution in [3.8, 4) is 0 Å². The number of nitrogen functional groups attached to an aromatic ring is 1. The van der Waals surface area contributed by atoms with E-state index in [-0.39, 0.29) is 17.0 Å². The zero-order chi connectivity index (χ0) is 14.7. The fraction of sp³-hybridized carbons (Fsp3) is 0.0769. The highest BCUT2D eigenvalue weighted by atomic mass is 32.2. The molecule has 4 nitrogen and oxygen atoms in total. The van der Waals surface area contributed by atoms with Crippen LogP contribution in [-0.4, -0.2) is 4.92 Å². The largest absolute Gasteiger partial charge is 0.398 e. The van der Waals surface area contributed by atoms with E-state index in [1.54, 1.807) is 0 Å². The Morgan fingerprint density at radius 2 is 2.00 bits per heavy atom. The van der Waals surface area contributed by atoms with E-state index in [4.69, 9.17) is 5.73 Å². The van der Waals surface area contributed by atoms with E-state index in [0.717, 1.165) is 6.07 Å². The first-order valence-corrected chi connectivity index (χ1v) is 6.57. The average molecular weight is 296 g/mol. The van der Waals surface area contributed by atoms with Gasteiger partial charge < -0.3 is 5.73 Å². The van der Waals surface area contributed by atoms with Crippen LogP contribution < -0.4 is 5.73 Å². The molecule has 104 valence electrons. The Kier molecular flexibility index (Phi) is 4.19. The van der Waals surface area contributed by atoms with Crippen LogP contribution in [0.15, 0.2) is 41.3 Å². The van der Waals surface area contributed by atoms with Crippen molar-refractivity contribution in [3.05, 3.63) is 63.7 Å². The number of halogens is 2. The van der Waals surface area contributed by atoms with Gasteiger partial charge in [0.25, 0.3) is 0 Å². The Bertz CT molecular complexity index is 665. The molecule has 0 saturated heterocycles. The van der Waals surface area contributed by atoms with Crippen molar-refractivity contribution < 1.29 is 13.7 Å². The molecular weight excluding hydrogens is 286 g/mol. The SMILES string of the molecule is Nc1cc(F)ccc1SCc1cccc([N+](=O)[O-])c1F. The second kappa shape index (κ2) is 5.87. The van der Waals surface area contributed by atoms with Gasteiger partial charge in [-0.3, -0.25) is 10.1 Å². The van der Waals surface area contributed by atoms with E-state index in [2.05, 4.69) is 0 Å². The summed E-state index contributed by atoms with van der Waals surface area (Å²) in [5.41, 5.74) is 5.53. The van der Waals surface area contributed by atoms with Crippen LogP contribution in [-0.2, 0) is 5.75 Å². The number of anilines is 1. The minimum Gasteiger partial charge on any atom is -0.398 e. The number of benzene rings is 2. The average Bonchev–Trinajstić information content (AvgIpc) is 2.39. The fourth-order valence-electron chi connectivity index (χ4n) is 1.62. The molecule has 0 aliphatic heterocycles. The Balaban J connectivity index is 2.19. The molecule has 0 fully saturated rings. The van der Waals surface area contributed by atoms with Crippen LogP contribution in [0.1, 0.15) is 5.56 Å². The van der Waals surface area contributed by atoms with Gasteiger partial charge in [0.1, 0.15) is 5.82 Å². The maximum atomic E-state index is 13.8. The van der Waals surface area contributed by atoms with Gasteiger partial charge in [-0.2, -0.15) is 4.39 Å². The predicted molar refractivity (Wildman–Crippen MR) is 73.4 cm³/mol. The van der Waals surface area contributed by atoms with Gasteiger partial charge in [-0.05, 0) is 18.2 Å². The predicted octanol–water partition coefficient (Wildman–Crippen LogP) is 3.75. The number of nitro benzene ring substituents is 1. The lowest BCUT2D eigenvalue weighted by Crippen LogP contribution is -1.97. The number of rotatable bonds is 4. The molecule has 2 N–H and O–H groups in total. The lowest BCUT2D eigenvalue weighted by molar-refractivity contribution is -0.387. The summed E-state index contributed by atoms with van der Waals surface area (Å²) in [6, 6.07) is 7.91. The normalized spacial score (nSPS) is 10.5. The third kappa shape index (κ3) is 3.05. The summed E-state index contributed by atoms with van der Waals surface area (Å²) >= 11 is 1.19. The van der Waals surface area contributed by atoms with Crippen molar-refractivity contribution in [2.75, 3.05) is 5.73 Å². The van der Waals surface area contributed by atoms with Crippen LogP contribution in [0, 0.1) is 21.7 Å². The highest BCUT2D eigenvalue weighted by molar-refractivity contribution is 7.98. The number of nitro groups is 1. The van der Waals surface area contributed by atoms with Crippen LogP contribution >= 0.6 is 11.8 Å². The summed E-state index contributed by atoms with van der Waals surface area (Å²) in [6.45, 7) is 0. The Morgan fingerprint density at radius 1 is 1.25 bits per heavy atom. The van der Waals surface area contributed by atoms with Gasteiger partial charge in [0.2, 0.25) is 5.82 Å². The summed E-state index contributed by atoms with van der Waals surface area (Å²) in [7, 11) is 0. The lowest BCUT2D eigenvalue weighted by atomic mass is 10.2. The van der Waals surface area contributed by atoms with Crippen molar-refractivity contribution in [2.45, 2.75) is 10.6 Å². The molecule has 0 heterocycles. The number of thioether (sulfide) groups is 1. The minimum absolute atomic E-state index is 0.170. The molecule has 0 bridgehead atoms. The van der Waals surface area contributed by atoms with Gasteiger partial charge in [0.15, 0.2) is 0 Å². The van der Waals surface area contributed by atoms with E-state index >= 15 is 0 Å². The number of nitrogens with two attached hydrogens (primary N) is 1. The van der Waals surface area contributed by atoms with Crippen molar-refractivity contribution in [3.63, 3.8) is 0 Å². The van der Waals surface area contributed by atoms with Gasteiger partial charge in [-0.25, -0.2) is 4.39 Å². The summed E-state index contributed by atoms with van der Waals surface area (Å²) in [5, 5.41) is 10.6. The van der Waals surface area contributed by atoms with E-state index in [0.29, 0.717) is 4.90 Å². The first kappa shape index (κ1) is 14.3. The number of hydrogen-bond donors (Lipinski definition) is 1. The Hall–Kier alpha value is -2.15. The second-order valence-corrected chi connectivity index (χ2v) is 5.00. The zero-order valence-electron chi connectivity index (χ0n) is 10.2. The topological polar surface area (TPSA) is 69.2 Å². The molecule has 2 aromatic rings. The van der Waals surface area contributed by atoms with E-state index < -0.39 is 22.2 Å². The molecule has 0 spiro atoms. The minimum atomic E-state index is -0.856. The Labute approximate surface area is 117 Å². The number of hydrogen-bond acceptors (Lipinski definition) is 4. The Morgan fingerprint density at radius 3 is 2.65 bits per heavy atom. The first-order chi connectivity index (χ1) is 9.49. The number of nitrogens with zero attached hydrogens (tertiary/aromatic N) is 1. The highest BCUT2D eigenvalue weighted by Crippen LogP contribution is 2.31. The smallest absolute Gasteiger partial charge is 0.305 e. The van der Waals surface area contributed by atoms with Gasteiger partial charge in [0, 0.05) is 28.0 Å². The quantitative estimate of drug-likeness (QED) is 0.404. The maximum absolute atomic E-state index is 13.8. The van der Waals surface area contributed by atoms with Crippen LogP contribution in [0.5, 0.6) is 0 Å². The molecule has 0 aromatic heterocycles. The van der Waals surface area contributed by atoms with Crippen molar-refractivity contribution in [2.24, 2.45) is 0 Å². The summed E-state index contributed by atoms with van der Waals surface area (Å²) < 4.78 is 26.7. The molecular formula is C13H10F2N2O2S. The molecule has 20 heavy (non-hydrogen) atoms. The van der Waals surface area contributed by atoms with Crippen LogP contribution in [0.4, 0.5) is 20.2 Å². The monoisotopic (exact) mass is 296 g/mol. The third-order valence-corrected chi connectivity index (χ3v) is 3.75.